The number of quaternary nitrogens is 1. The number of aromatic carboxylic acids is 1. The molecule has 38 heavy (non-hydrogen) atoms. The molecule has 0 amide bonds. The van der Waals surface area contributed by atoms with Crippen LogP contribution in [0, 0.1) is 0 Å². The molecule has 1 aliphatic heterocycles. The number of benzene rings is 1. The van der Waals surface area contributed by atoms with Gasteiger partial charge in [0, 0.05) is 29.9 Å². The molecule has 1 aromatic heterocycles. The van der Waals surface area contributed by atoms with E-state index in [2.05, 4.69) is 36.1 Å². The Morgan fingerprint density at radius 3 is 2.53 bits per heavy atom. The van der Waals surface area contributed by atoms with Crippen molar-refractivity contribution in [1.29, 1.82) is 0 Å². The van der Waals surface area contributed by atoms with Crippen LogP contribution >= 0.6 is 11.8 Å². The average Bonchev–Trinajstić information content (AvgIpc) is 3.27. The number of nitrogens with one attached hydrogen (secondary N) is 2. The number of rotatable bonds is 12. The van der Waals surface area contributed by atoms with Gasteiger partial charge in [0.2, 0.25) is 0 Å². The Labute approximate surface area is 229 Å². The second kappa shape index (κ2) is 11.9. The van der Waals surface area contributed by atoms with Crippen molar-refractivity contribution in [2.45, 2.75) is 68.4 Å². The fourth-order valence-electron chi connectivity index (χ4n) is 4.80. The maximum absolute atomic E-state index is 11.9. The molecule has 3 unspecified atom stereocenters. The Bertz CT molecular complexity index is 1200. The molecule has 2 aromatic rings. The molecule has 10 heteroatoms. The smallest absolute Gasteiger partial charge is 0.362 e. The summed E-state index contributed by atoms with van der Waals surface area (Å²) in [4.78, 5) is 31.4. The largest absolute Gasteiger partial charge is 0.478 e. The summed E-state index contributed by atoms with van der Waals surface area (Å²) in [6, 6.07) is 4.61. The molecule has 0 spiro atoms. The number of allylic oxidation sites excluding steroid dienone is 2. The zero-order valence-corrected chi connectivity index (χ0v) is 24.2. The van der Waals surface area contributed by atoms with Crippen LogP contribution in [0.1, 0.15) is 55.2 Å². The number of hydrogen-bond donors (Lipinski definition) is 4. The van der Waals surface area contributed by atoms with E-state index in [1.807, 2.05) is 27.2 Å². The number of nitrogens with zero attached hydrogens (tertiary/aromatic N) is 2. The molecule has 3 rings (SSSR count). The Balaban J connectivity index is 1.95. The number of likely N-dealkylation sites (N-methyl/N-ethyl adjacent to an activating group) is 1. The number of H-pyrrole nitrogens is 1. The van der Waals surface area contributed by atoms with Crippen LogP contribution in [0.2, 0.25) is 0 Å². The minimum absolute atomic E-state index is 0.0170. The molecule has 3 atom stereocenters. The van der Waals surface area contributed by atoms with Crippen molar-refractivity contribution in [3.8, 4) is 0 Å². The van der Waals surface area contributed by atoms with E-state index in [1.54, 1.807) is 37.2 Å². The van der Waals surface area contributed by atoms with Gasteiger partial charge in [-0.05, 0) is 63.8 Å². The van der Waals surface area contributed by atoms with Crippen molar-refractivity contribution in [2.24, 2.45) is 0 Å². The van der Waals surface area contributed by atoms with Crippen LogP contribution < -0.4 is 5.32 Å². The van der Waals surface area contributed by atoms with Gasteiger partial charge in [-0.3, -0.25) is 0 Å². The summed E-state index contributed by atoms with van der Waals surface area (Å²) >= 11 is 1.59. The lowest BCUT2D eigenvalue weighted by atomic mass is 9.81. The predicted octanol–water partition coefficient (Wildman–Crippen LogP) is 4.46. The van der Waals surface area contributed by atoms with Crippen LogP contribution in [0.25, 0.3) is 0 Å². The maximum atomic E-state index is 11.9. The first-order valence-corrected chi connectivity index (χ1v) is 13.6. The van der Waals surface area contributed by atoms with Crippen LogP contribution in [-0.2, 0) is 22.4 Å². The molecule has 9 nitrogen and oxygen atoms in total. The van der Waals surface area contributed by atoms with Gasteiger partial charge in [0.05, 0.1) is 45.3 Å². The fraction of sp³-hybridized carbons (Fsp3) is 0.536. The molecule has 2 heterocycles. The van der Waals surface area contributed by atoms with Crippen LogP contribution in [0.15, 0.2) is 40.7 Å². The molecular formula is C28H41N4O5S+. The number of thioether (sulfide) groups is 1. The minimum Gasteiger partial charge on any atom is -0.478 e. The second-order valence-electron chi connectivity index (χ2n) is 11.4. The third kappa shape index (κ3) is 6.98. The number of aliphatic carboxylic acids is 1. The van der Waals surface area contributed by atoms with Crippen molar-refractivity contribution < 1.29 is 29.0 Å². The first-order chi connectivity index (χ1) is 17.8. The van der Waals surface area contributed by atoms with Gasteiger partial charge in [-0.25, -0.2) is 14.6 Å². The number of carboxylic acid groups (broad SMARTS) is 2. The summed E-state index contributed by atoms with van der Waals surface area (Å²) in [5, 5.41) is 23.7. The van der Waals surface area contributed by atoms with Crippen molar-refractivity contribution in [2.75, 3.05) is 40.2 Å². The Morgan fingerprint density at radius 1 is 1.24 bits per heavy atom. The molecule has 0 aliphatic carbocycles. The highest BCUT2D eigenvalue weighted by Gasteiger charge is 2.44. The van der Waals surface area contributed by atoms with E-state index in [9.17, 15) is 19.8 Å². The highest BCUT2D eigenvalue weighted by molar-refractivity contribution is 7.99. The summed E-state index contributed by atoms with van der Waals surface area (Å²) in [6.45, 7) is 6.86. The van der Waals surface area contributed by atoms with E-state index in [0.29, 0.717) is 29.1 Å². The van der Waals surface area contributed by atoms with Gasteiger partial charge < -0.3 is 29.7 Å². The van der Waals surface area contributed by atoms with E-state index in [-0.39, 0.29) is 10.8 Å². The average molecular weight is 546 g/mol. The topological polar surface area (TPSA) is 125 Å². The molecule has 0 radical (unpaired) electrons. The molecule has 0 fully saturated rings. The third-order valence-electron chi connectivity index (χ3n) is 7.45. The minimum atomic E-state index is -0.953. The van der Waals surface area contributed by atoms with Gasteiger partial charge in [0.15, 0.2) is 11.2 Å². The van der Waals surface area contributed by atoms with Crippen LogP contribution in [-0.4, -0.2) is 88.3 Å². The van der Waals surface area contributed by atoms with Crippen LogP contribution in [0.3, 0.4) is 0 Å². The second-order valence-corrected chi connectivity index (χ2v) is 12.6. The van der Waals surface area contributed by atoms with Crippen LogP contribution in [0.5, 0.6) is 0 Å². The SMILES string of the molecule is COCC1(CCC(C)=C(C)C)Nc2ccc(C(=O)O)cc2CC1Sc1ncc(CC(C(=O)O)[N+](C)(C)C)[nH]1. The lowest BCUT2D eigenvalue weighted by molar-refractivity contribution is -0.887. The van der Waals surface area contributed by atoms with E-state index in [0.717, 1.165) is 29.8 Å². The summed E-state index contributed by atoms with van der Waals surface area (Å²) in [7, 11) is 7.31. The lowest BCUT2D eigenvalue weighted by Crippen LogP contribution is -2.55. The summed E-state index contributed by atoms with van der Waals surface area (Å²) < 4.78 is 6.06. The molecule has 208 valence electrons. The summed E-state index contributed by atoms with van der Waals surface area (Å²) in [5.41, 5.74) is 5.09. The monoisotopic (exact) mass is 545 g/mol. The zero-order valence-electron chi connectivity index (χ0n) is 23.4. The van der Waals surface area contributed by atoms with E-state index >= 15 is 0 Å². The quantitative estimate of drug-likeness (QED) is 0.228. The number of methoxy groups -OCH3 is 1. The summed E-state index contributed by atoms with van der Waals surface area (Å²) in [6.07, 6.45) is 4.41. The zero-order chi connectivity index (χ0) is 28.3. The van der Waals surface area contributed by atoms with Gasteiger partial charge in [0.25, 0.3) is 0 Å². The Kier molecular flexibility index (Phi) is 9.33. The van der Waals surface area contributed by atoms with E-state index in [1.165, 1.54) is 11.1 Å². The fourth-order valence-corrected chi connectivity index (χ4v) is 6.10. The first kappa shape index (κ1) is 29.7. The Hall–Kier alpha value is -2.82. The van der Waals surface area contributed by atoms with E-state index < -0.39 is 23.5 Å². The van der Waals surface area contributed by atoms with Crippen LogP contribution in [0.4, 0.5) is 5.69 Å². The number of anilines is 1. The molecule has 0 saturated carbocycles. The Morgan fingerprint density at radius 2 is 1.95 bits per heavy atom. The number of fused-ring (bicyclic) bond motifs is 1. The highest BCUT2D eigenvalue weighted by atomic mass is 32.2. The number of carboxylic acids is 2. The van der Waals surface area contributed by atoms with E-state index in [4.69, 9.17) is 4.74 Å². The third-order valence-corrected chi connectivity index (χ3v) is 8.78. The number of ether oxygens (including phenoxy) is 1. The number of imidazole rings is 1. The van der Waals surface area contributed by atoms with Gasteiger partial charge >= 0.3 is 11.9 Å². The number of hydrogen-bond acceptors (Lipinski definition) is 6. The van der Waals surface area contributed by atoms with Gasteiger partial charge in [-0.2, -0.15) is 0 Å². The standard InChI is InChI=1S/C28H40N4O5S/c1-17(2)18(3)10-11-28(16-37-7)24(13-20-12-19(25(33)34)8-9-22(20)31-28)38-27-29-15-21(30-27)14-23(26(35)36)32(4,5)6/h8-9,12,15,23-24,31H,10-11,13-14,16H2,1-7H3,(H2-,29,30,33,34,35,36)/p+1. The van der Waals surface area contributed by atoms with Gasteiger partial charge in [0.1, 0.15) is 0 Å². The van der Waals surface area contributed by atoms with Gasteiger partial charge in [-0.1, -0.05) is 22.9 Å². The maximum Gasteiger partial charge on any atom is 0.362 e. The molecule has 4 N–H and O–H groups in total. The van der Waals surface area contributed by atoms with Crippen molar-refractivity contribution in [1.82, 2.24) is 9.97 Å². The molecule has 1 aliphatic rings. The molecule has 1 aromatic carbocycles. The first-order valence-electron chi connectivity index (χ1n) is 12.8. The summed E-state index contributed by atoms with van der Waals surface area (Å²) in [5.74, 6) is -1.80. The van der Waals surface area contributed by atoms with Crippen molar-refractivity contribution >= 4 is 29.4 Å². The lowest BCUT2D eigenvalue weighted by Gasteiger charge is -2.45. The van der Waals surface area contributed by atoms with Gasteiger partial charge in [-0.15, -0.1) is 0 Å². The number of carbonyl (C=O) groups is 2. The number of aromatic nitrogens is 2. The highest BCUT2D eigenvalue weighted by Crippen LogP contribution is 2.43. The molecule has 0 saturated heterocycles. The normalized spacial score (nSPS) is 19.8. The number of aromatic amines is 1. The molecular weight excluding hydrogens is 504 g/mol. The molecule has 0 bridgehead atoms. The van der Waals surface area contributed by atoms with Crippen molar-refractivity contribution in [3.05, 3.63) is 52.4 Å². The predicted molar refractivity (Wildman–Crippen MR) is 150 cm³/mol. The van der Waals surface area contributed by atoms with Crippen molar-refractivity contribution in [3.63, 3.8) is 0 Å².